The summed E-state index contributed by atoms with van der Waals surface area (Å²) in [7, 11) is 1.83. The number of hydrogen-bond acceptors (Lipinski definition) is 1. The lowest BCUT2D eigenvalue weighted by Gasteiger charge is -2.16. The molecule has 2 heteroatoms. The molecule has 0 N–H and O–H groups in total. The molecular weight excluding hydrogens is 160 g/mol. The second-order valence-electron chi connectivity index (χ2n) is 3.77. The van der Waals surface area contributed by atoms with Gasteiger partial charge in [0.05, 0.1) is 6.10 Å². The molecule has 64 valence electrons. The first-order valence-corrected chi connectivity index (χ1v) is 4.93. The quantitative estimate of drug-likeness (QED) is 0.555. The predicted molar refractivity (Wildman–Crippen MR) is 45.9 cm³/mol. The number of alkyl halides is 1. The Bertz CT molecular complexity index is 148. The highest BCUT2D eigenvalue weighted by Gasteiger charge is 2.44. The summed E-state index contributed by atoms with van der Waals surface area (Å²) in [5.74, 6) is 1.55. The van der Waals surface area contributed by atoms with E-state index in [1.165, 1.54) is 25.7 Å². The summed E-state index contributed by atoms with van der Waals surface area (Å²) in [6, 6.07) is 0. The van der Waals surface area contributed by atoms with Crippen LogP contribution in [0.5, 0.6) is 0 Å². The van der Waals surface area contributed by atoms with Crippen LogP contribution in [0.4, 0.5) is 0 Å². The molecule has 0 bridgehead atoms. The molecule has 4 atom stereocenters. The Morgan fingerprint density at radius 2 is 1.82 bits per heavy atom. The molecule has 2 fully saturated rings. The fourth-order valence-electron chi connectivity index (χ4n) is 2.77. The zero-order valence-corrected chi connectivity index (χ0v) is 7.68. The summed E-state index contributed by atoms with van der Waals surface area (Å²) >= 11 is 6.18. The normalized spacial score (nSPS) is 49.6. The lowest BCUT2D eigenvalue weighted by atomic mass is 9.99. The third-order valence-corrected chi connectivity index (χ3v) is 3.90. The van der Waals surface area contributed by atoms with Crippen molar-refractivity contribution in [1.82, 2.24) is 0 Å². The van der Waals surface area contributed by atoms with E-state index in [-0.39, 0.29) is 0 Å². The van der Waals surface area contributed by atoms with E-state index in [0.29, 0.717) is 11.5 Å². The molecule has 0 heterocycles. The highest BCUT2D eigenvalue weighted by Crippen LogP contribution is 2.47. The first kappa shape index (κ1) is 7.88. The topological polar surface area (TPSA) is 9.23 Å². The Morgan fingerprint density at radius 3 is 2.55 bits per heavy atom. The summed E-state index contributed by atoms with van der Waals surface area (Å²) < 4.78 is 5.41. The first-order chi connectivity index (χ1) is 5.33. The second kappa shape index (κ2) is 2.95. The molecule has 0 saturated heterocycles. The largest absolute Gasteiger partial charge is 0.381 e. The van der Waals surface area contributed by atoms with Crippen LogP contribution in [0.15, 0.2) is 0 Å². The summed E-state index contributed by atoms with van der Waals surface area (Å²) in [4.78, 5) is 0. The van der Waals surface area contributed by atoms with Gasteiger partial charge in [0.2, 0.25) is 0 Å². The number of fused-ring (bicyclic) bond motifs is 1. The molecule has 2 saturated carbocycles. The van der Waals surface area contributed by atoms with Gasteiger partial charge in [0.25, 0.3) is 0 Å². The lowest BCUT2D eigenvalue weighted by molar-refractivity contribution is 0.0670. The second-order valence-corrected chi connectivity index (χ2v) is 4.33. The van der Waals surface area contributed by atoms with Crippen molar-refractivity contribution in [1.29, 1.82) is 0 Å². The molecular formula is C9H15ClO. The van der Waals surface area contributed by atoms with Gasteiger partial charge in [0, 0.05) is 12.5 Å². The minimum Gasteiger partial charge on any atom is -0.381 e. The number of ether oxygens (including phenoxy) is 1. The van der Waals surface area contributed by atoms with E-state index in [0.717, 1.165) is 11.8 Å². The van der Waals surface area contributed by atoms with Crippen molar-refractivity contribution in [2.45, 2.75) is 37.2 Å². The van der Waals surface area contributed by atoms with E-state index >= 15 is 0 Å². The summed E-state index contributed by atoms with van der Waals surface area (Å²) in [6.45, 7) is 0. The van der Waals surface area contributed by atoms with Gasteiger partial charge in [-0.3, -0.25) is 0 Å². The van der Waals surface area contributed by atoms with Gasteiger partial charge in [-0.15, -0.1) is 11.6 Å². The molecule has 11 heavy (non-hydrogen) atoms. The van der Waals surface area contributed by atoms with Crippen LogP contribution < -0.4 is 0 Å². The van der Waals surface area contributed by atoms with Gasteiger partial charge in [-0.2, -0.15) is 0 Å². The third-order valence-electron chi connectivity index (χ3n) is 3.36. The molecule has 0 radical (unpaired) electrons. The van der Waals surface area contributed by atoms with Crippen molar-refractivity contribution < 1.29 is 4.74 Å². The van der Waals surface area contributed by atoms with Crippen LogP contribution >= 0.6 is 11.6 Å². The van der Waals surface area contributed by atoms with Gasteiger partial charge in [0.15, 0.2) is 0 Å². The zero-order valence-electron chi connectivity index (χ0n) is 6.92. The Morgan fingerprint density at radius 1 is 1.09 bits per heavy atom. The van der Waals surface area contributed by atoms with Crippen LogP contribution in [0.3, 0.4) is 0 Å². The maximum atomic E-state index is 6.18. The average molecular weight is 175 g/mol. The maximum Gasteiger partial charge on any atom is 0.0602 e. The van der Waals surface area contributed by atoms with E-state index in [1.807, 2.05) is 7.11 Å². The van der Waals surface area contributed by atoms with Crippen molar-refractivity contribution in [2.24, 2.45) is 11.8 Å². The SMILES string of the molecule is CO[C@@H]1CC[C@H]2[C@@H]1CC[C@@H]2Cl. The highest BCUT2D eigenvalue weighted by molar-refractivity contribution is 6.21. The number of halogens is 1. The fourth-order valence-corrected chi connectivity index (χ4v) is 3.21. The minimum absolute atomic E-state index is 0.445. The van der Waals surface area contributed by atoms with Gasteiger partial charge >= 0.3 is 0 Å². The zero-order chi connectivity index (χ0) is 7.84. The summed E-state index contributed by atoms with van der Waals surface area (Å²) in [6.07, 6.45) is 5.53. The average Bonchev–Trinajstić information content (AvgIpc) is 2.53. The molecule has 1 nitrogen and oxygen atoms in total. The van der Waals surface area contributed by atoms with Gasteiger partial charge in [0.1, 0.15) is 0 Å². The van der Waals surface area contributed by atoms with Crippen LogP contribution in [-0.4, -0.2) is 18.6 Å². The van der Waals surface area contributed by atoms with E-state index in [2.05, 4.69) is 0 Å². The predicted octanol–water partition coefficient (Wildman–Crippen LogP) is 2.43. The molecule has 0 spiro atoms. The molecule has 2 rings (SSSR count). The van der Waals surface area contributed by atoms with Crippen LogP contribution in [0.2, 0.25) is 0 Å². The van der Waals surface area contributed by atoms with Gasteiger partial charge < -0.3 is 4.74 Å². The van der Waals surface area contributed by atoms with E-state index in [4.69, 9.17) is 16.3 Å². The maximum absolute atomic E-state index is 6.18. The minimum atomic E-state index is 0.445. The van der Waals surface area contributed by atoms with Crippen molar-refractivity contribution in [3.8, 4) is 0 Å². The monoisotopic (exact) mass is 174 g/mol. The standard InChI is InChI=1S/C9H15ClO/c1-11-9-5-3-6-7(9)2-4-8(6)10/h6-9H,2-5H2,1H3/t6-,7-,8-,9+/m0/s1. The molecule has 0 aromatic rings. The third kappa shape index (κ3) is 1.19. The van der Waals surface area contributed by atoms with Crippen LogP contribution in [0.1, 0.15) is 25.7 Å². The van der Waals surface area contributed by atoms with Crippen molar-refractivity contribution in [3.05, 3.63) is 0 Å². The summed E-state index contributed by atoms with van der Waals surface area (Å²) in [5, 5.41) is 0.445. The molecule has 0 amide bonds. The van der Waals surface area contributed by atoms with E-state index in [1.54, 1.807) is 0 Å². The Kier molecular flexibility index (Phi) is 2.11. The Balaban J connectivity index is 2.04. The van der Waals surface area contributed by atoms with Gasteiger partial charge in [-0.1, -0.05) is 0 Å². The van der Waals surface area contributed by atoms with Crippen molar-refractivity contribution in [2.75, 3.05) is 7.11 Å². The van der Waals surface area contributed by atoms with E-state index < -0.39 is 0 Å². The van der Waals surface area contributed by atoms with E-state index in [9.17, 15) is 0 Å². The number of rotatable bonds is 1. The Labute approximate surface area is 73.1 Å². The fraction of sp³-hybridized carbons (Fsp3) is 1.00. The number of hydrogen-bond donors (Lipinski definition) is 0. The molecule has 2 aliphatic carbocycles. The molecule has 0 aromatic heterocycles. The highest BCUT2D eigenvalue weighted by atomic mass is 35.5. The Hall–Kier alpha value is 0.250. The lowest BCUT2D eigenvalue weighted by Crippen LogP contribution is -2.18. The van der Waals surface area contributed by atoms with Crippen molar-refractivity contribution in [3.63, 3.8) is 0 Å². The molecule has 0 unspecified atom stereocenters. The van der Waals surface area contributed by atoms with Crippen LogP contribution in [-0.2, 0) is 4.74 Å². The van der Waals surface area contributed by atoms with Crippen molar-refractivity contribution >= 4 is 11.6 Å². The van der Waals surface area contributed by atoms with Crippen LogP contribution in [0, 0.1) is 11.8 Å². The first-order valence-electron chi connectivity index (χ1n) is 4.50. The van der Waals surface area contributed by atoms with Gasteiger partial charge in [-0.25, -0.2) is 0 Å². The summed E-state index contributed by atoms with van der Waals surface area (Å²) in [5.41, 5.74) is 0. The van der Waals surface area contributed by atoms with Gasteiger partial charge in [-0.05, 0) is 37.5 Å². The molecule has 0 aromatic carbocycles. The molecule has 0 aliphatic heterocycles. The van der Waals surface area contributed by atoms with Crippen LogP contribution in [0.25, 0.3) is 0 Å². The number of methoxy groups -OCH3 is 1. The smallest absolute Gasteiger partial charge is 0.0602 e. The molecule has 2 aliphatic rings.